The van der Waals surface area contributed by atoms with Crippen molar-refractivity contribution in [3.05, 3.63) is 41.8 Å². The van der Waals surface area contributed by atoms with Crippen molar-refractivity contribution >= 4 is 40.2 Å². The second kappa shape index (κ2) is 6.02. The Bertz CT molecular complexity index is 573. The summed E-state index contributed by atoms with van der Waals surface area (Å²) in [5, 5.41) is 2.05. The second-order valence-corrected chi connectivity index (χ2v) is 7.41. The average Bonchev–Trinajstić information content (AvgIpc) is 2.90. The van der Waals surface area contributed by atoms with Gasteiger partial charge in [0.25, 0.3) is 0 Å². The van der Waals surface area contributed by atoms with Gasteiger partial charge < -0.3 is 0 Å². The minimum atomic E-state index is -0.474. The van der Waals surface area contributed by atoms with Gasteiger partial charge in [-0.2, -0.15) is 0 Å². The van der Waals surface area contributed by atoms with E-state index < -0.39 is 5.60 Å². The maximum atomic E-state index is 12.0. The quantitative estimate of drug-likeness (QED) is 0.772. The van der Waals surface area contributed by atoms with Crippen LogP contribution in [0.15, 0.2) is 41.8 Å². The first-order chi connectivity index (χ1) is 9.37. The molecule has 0 fully saturated rings. The number of ether oxygens (including phenoxy) is 1. The third kappa shape index (κ3) is 3.87. The Kier molecular flexibility index (Phi) is 4.56. The molecule has 1 heterocycles. The zero-order chi connectivity index (χ0) is 14.8. The van der Waals surface area contributed by atoms with Crippen LogP contribution in [-0.4, -0.2) is 28.8 Å². The number of hydrogen-bond acceptors (Lipinski definition) is 3. The van der Waals surface area contributed by atoms with Gasteiger partial charge in [0.2, 0.25) is 0 Å². The molecule has 1 amide bonds. The predicted molar refractivity (Wildman–Crippen MR) is 87.0 cm³/mol. The van der Waals surface area contributed by atoms with Crippen LogP contribution in [0.1, 0.15) is 20.8 Å². The topological polar surface area (TPSA) is 29.5 Å². The van der Waals surface area contributed by atoms with Gasteiger partial charge in [-0.1, -0.05) is 0 Å². The average molecular weight is 351 g/mol. The molecule has 3 nitrogen and oxygen atoms in total. The number of amides is 1. The number of carbonyl (C=O) groups is 1. The molecule has 0 N–H and O–H groups in total. The van der Waals surface area contributed by atoms with Crippen LogP contribution in [0.3, 0.4) is 0 Å². The molecular weight excluding hydrogens is 333 g/mol. The van der Waals surface area contributed by atoms with E-state index in [9.17, 15) is 4.79 Å². The van der Waals surface area contributed by atoms with Crippen molar-refractivity contribution in [2.75, 3.05) is 3.82 Å². The van der Waals surface area contributed by atoms with Gasteiger partial charge >= 0.3 is 132 Å². The van der Waals surface area contributed by atoms with Gasteiger partial charge in [-0.15, -0.1) is 0 Å². The summed E-state index contributed by atoms with van der Waals surface area (Å²) in [6, 6.07) is 12.1. The van der Waals surface area contributed by atoms with Crippen LogP contribution in [0.4, 0.5) is 10.5 Å². The standard InChI is InChI=1S/C15H18AsNO2S/c1-15(2,3)19-14(18)17(16)12-8-6-11(7-9-12)13-5-4-10-20-13/h4-10H,16H2,1-3H3. The molecule has 0 bridgehead atoms. The maximum absolute atomic E-state index is 12.0. The van der Waals surface area contributed by atoms with Crippen molar-refractivity contribution in [2.24, 2.45) is 0 Å². The van der Waals surface area contributed by atoms with Crippen molar-refractivity contribution < 1.29 is 9.53 Å². The van der Waals surface area contributed by atoms with Crippen LogP contribution in [0.5, 0.6) is 0 Å². The Labute approximate surface area is 132 Å². The first-order valence-corrected chi connectivity index (χ1v) is 8.25. The molecule has 2 aromatic rings. The van der Waals surface area contributed by atoms with E-state index in [-0.39, 0.29) is 6.09 Å². The fourth-order valence-electron chi connectivity index (χ4n) is 1.65. The molecule has 0 aliphatic heterocycles. The van der Waals surface area contributed by atoms with Crippen molar-refractivity contribution in [3.8, 4) is 10.4 Å². The molecule has 0 aliphatic rings. The van der Waals surface area contributed by atoms with Crippen LogP contribution in [-0.2, 0) is 4.74 Å². The summed E-state index contributed by atoms with van der Waals surface area (Å²) in [6.45, 7) is 5.60. The second-order valence-electron chi connectivity index (χ2n) is 5.37. The van der Waals surface area contributed by atoms with Crippen LogP contribution < -0.4 is 3.82 Å². The van der Waals surface area contributed by atoms with Crippen molar-refractivity contribution in [1.29, 1.82) is 0 Å². The molecule has 0 radical (unpaired) electrons. The van der Waals surface area contributed by atoms with E-state index in [1.807, 2.05) is 51.1 Å². The summed E-state index contributed by atoms with van der Waals surface area (Å²) in [5.41, 5.74) is 1.53. The summed E-state index contributed by atoms with van der Waals surface area (Å²) in [6.07, 6.45) is -0.318. The van der Waals surface area contributed by atoms with Crippen molar-refractivity contribution in [1.82, 2.24) is 0 Å². The summed E-state index contributed by atoms with van der Waals surface area (Å²) < 4.78 is 6.94. The predicted octanol–water partition coefficient (Wildman–Crippen LogP) is 3.70. The third-order valence-electron chi connectivity index (χ3n) is 2.54. The molecule has 1 aromatic heterocycles. The normalized spacial score (nSPS) is 11.2. The number of thiophene rings is 1. The zero-order valence-corrected chi connectivity index (χ0v) is 15.0. The molecule has 106 valence electrons. The number of hydrogen-bond donors (Lipinski definition) is 0. The molecule has 1 atom stereocenters. The number of rotatable bonds is 2. The van der Waals surface area contributed by atoms with E-state index >= 15 is 0 Å². The van der Waals surface area contributed by atoms with Gasteiger partial charge in [0.1, 0.15) is 0 Å². The SMILES string of the molecule is CC(C)(C)OC(=O)N([AsH2])c1ccc(-c2cccs2)cc1. The first kappa shape index (κ1) is 15.1. The first-order valence-electron chi connectivity index (χ1n) is 6.28. The van der Waals surface area contributed by atoms with E-state index in [2.05, 4.69) is 11.4 Å². The van der Waals surface area contributed by atoms with Gasteiger partial charge in [-0.25, -0.2) is 0 Å². The Balaban J connectivity index is 2.12. The van der Waals surface area contributed by atoms with Gasteiger partial charge in [0, 0.05) is 0 Å². The molecule has 20 heavy (non-hydrogen) atoms. The van der Waals surface area contributed by atoms with Crippen LogP contribution >= 0.6 is 11.3 Å². The third-order valence-corrected chi connectivity index (χ3v) is 4.53. The van der Waals surface area contributed by atoms with Gasteiger partial charge in [-0.3, -0.25) is 0 Å². The van der Waals surface area contributed by atoms with Crippen molar-refractivity contribution in [2.45, 2.75) is 26.4 Å². The van der Waals surface area contributed by atoms with Gasteiger partial charge in [-0.05, 0) is 0 Å². The summed E-state index contributed by atoms with van der Waals surface area (Å²) in [7, 11) is 0. The fourth-order valence-corrected chi connectivity index (χ4v) is 2.85. The van der Waals surface area contributed by atoms with E-state index in [0.29, 0.717) is 0 Å². The Morgan fingerprint density at radius 3 is 2.35 bits per heavy atom. The Morgan fingerprint density at radius 2 is 1.85 bits per heavy atom. The zero-order valence-electron chi connectivity index (χ0n) is 11.8. The molecule has 1 aromatic carbocycles. The summed E-state index contributed by atoms with van der Waals surface area (Å²) in [4.78, 5) is 13.2. The monoisotopic (exact) mass is 351 g/mol. The van der Waals surface area contributed by atoms with Crippen LogP contribution in [0.25, 0.3) is 10.4 Å². The van der Waals surface area contributed by atoms with E-state index in [1.165, 1.54) is 22.0 Å². The minimum absolute atomic E-state index is 0.318. The molecule has 1 unspecified atom stereocenters. The van der Waals surface area contributed by atoms with E-state index in [1.54, 1.807) is 15.2 Å². The Morgan fingerprint density at radius 1 is 1.20 bits per heavy atom. The molecule has 5 heteroatoms. The number of nitrogens with zero attached hydrogens (tertiary/aromatic N) is 1. The van der Waals surface area contributed by atoms with Crippen molar-refractivity contribution in [3.63, 3.8) is 0 Å². The number of anilines is 1. The van der Waals surface area contributed by atoms with Crippen LogP contribution in [0.2, 0.25) is 0 Å². The molecular formula is C15H18AsNO2S. The molecule has 2 rings (SSSR count). The summed E-state index contributed by atoms with van der Waals surface area (Å²) in [5.74, 6) is 0. The molecule has 0 saturated carbocycles. The number of benzene rings is 1. The number of carbonyl (C=O) groups excluding carboxylic acids is 1. The van der Waals surface area contributed by atoms with Crippen LogP contribution in [0, 0.1) is 0 Å². The Hall–Kier alpha value is -1.25. The van der Waals surface area contributed by atoms with Gasteiger partial charge in [0.05, 0.1) is 0 Å². The van der Waals surface area contributed by atoms with E-state index in [4.69, 9.17) is 4.74 Å². The molecule has 0 saturated heterocycles. The summed E-state index contributed by atoms with van der Waals surface area (Å²) >= 11 is 2.91. The molecule has 0 spiro atoms. The van der Waals surface area contributed by atoms with E-state index in [0.717, 1.165) is 11.3 Å². The van der Waals surface area contributed by atoms with Gasteiger partial charge in [0.15, 0.2) is 0 Å². The fraction of sp³-hybridized carbons (Fsp3) is 0.267. The molecule has 0 aliphatic carbocycles.